The molecule has 5 nitrogen and oxygen atoms in total. The van der Waals surface area contributed by atoms with E-state index in [2.05, 4.69) is 26.6 Å². The molecular weight excluding hydrogens is 310 g/mol. The number of amides is 2. The van der Waals surface area contributed by atoms with Crippen LogP contribution in [0, 0.1) is 6.92 Å². The third-order valence-electron chi connectivity index (χ3n) is 3.25. The van der Waals surface area contributed by atoms with Gasteiger partial charge in [0, 0.05) is 22.3 Å². The van der Waals surface area contributed by atoms with E-state index in [0.717, 1.165) is 16.5 Å². The van der Waals surface area contributed by atoms with Crippen LogP contribution in [-0.4, -0.2) is 24.4 Å². The van der Waals surface area contributed by atoms with Gasteiger partial charge in [0.15, 0.2) is 0 Å². The summed E-state index contributed by atoms with van der Waals surface area (Å²) in [6.45, 7) is 2.46. The summed E-state index contributed by atoms with van der Waals surface area (Å²) in [5.41, 5.74) is 7.59. The highest BCUT2D eigenvalue weighted by molar-refractivity contribution is 9.10. The second kappa shape index (κ2) is 5.61. The molecule has 0 aliphatic carbocycles. The van der Waals surface area contributed by atoms with Crippen molar-refractivity contribution < 1.29 is 9.59 Å². The van der Waals surface area contributed by atoms with Gasteiger partial charge in [-0.3, -0.25) is 9.59 Å². The Morgan fingerprint density at radius 2 is 2.26 bits per heavy atom. The zero-order valence-electron chi connectivity index (χ0n) is 10.6. The lowest BCUT2D eigenvalue weighted by atomic mass is 10.0. The minimum absolute atomic E-state index is 0.125. The van der Waals surface area contributed by atoms with E-state index in [0.29, 0.717) is 24.2 Å². The third kappa shape index (κ3) is 3.07. The van der Waals surface area contributed by atoms with Gasteiger partial charge in [-0.05, 0) is 37.5 Å². The highest BCUT2D eigenvalue weighted by Crippen LogP contribution is 2.23. The first-order valence-electron chi connectivity index (χ1n) is 6.13. The topological polar surface area (TPSA) is 84.2 Å². The summed E-state index contributed by atoms with van der Waals surface area (Å²) in [6, 6.07) is 3.00. The quantitative estimate of drug-likeness (QED) is 0.717. The predicted octanol–water partition coefficient (Wildman–Crippen LogP) is 1.35. The Hall–Kier alpha value is -1.56. The Bertz CT molecular complexity index is 531. The van der Waals surface area contributed by atoms with Gasteiger partial charge in [-0.15, -0.1) is 0 Å². The molecule has 4 N–H and O–H groups in total. The van der Waals surface area contributed by atoms with Crippen LogP contribution in [0.1, 0.15) is 28.8 Å². The van der Waals surface area contributed by atoms with Gasteiger partial charge in [0.05, 0.1) is 0 Å². The van der Waals surface area contributed by atoms with E-state index in [9.17, 15) is 9.59 Å². The predicted molar refractivity (Wildman–Crippen MR) is 76.8 cm³/mol. The lowest BCUT2D eigenvalue weighted by molar-refractivity contribution is -0.124. The molecule has 1 atom stereocenters. The van der Waals surface area contributed by atoms with Gasteiger partial charge >= 0.3 is 0 Å². The molecule has 1 aliphatic heterocycles. The Morgan fingerprint density at radius 3 is 2.95 bits per heavy atom. The monoisotopic (exact) mass is 325 g/mol. The molecule has 0 radical (unpaired) electrons. The summed E-state index contributed by atoms with van der Waals surface area (Å²) in [6.07, 6.45) is 1.54. The van der Waals surface area contributed by atoms with E-state index in [1.807, 2.05) is 0 Å². The van der Waals surface area contributed by atoms with Crippen LogP contribution in [0.15, 0.2) is 16.6 Å². The number of carbonyl (C=O) groups excluding carboxylic acids is 2. The number of anilines is 1. The van der Waals surface area contributed by atoms with Crippen molar-refractivity contribution in [1.82, 2.24) is 10.6 Å². The molecular formula is C13H16BrN3O2. The van der Waals surface area contributed by atoms with Crippen LogP contribution in [0.2, 0.25) is 0 Å². The molecule has 19 heavy (non-hydrogen) atoms. The van der Waals surface area contributed by atoms with Crippen molar-refractivity contribution in [2.24, 2.45) is 0 Å². The van der Waals surface area contributed by atoms with Crippen LogP contribution in [0.3, 0.4) is 0 Å². The fourth-order valence-electron chi connectivity index (χ4n) is 2.08. The lowest BCUT2D eigenvalue weighted by Crippen LogP contribution is -2.50. The molecule has 1 fully saturated rings. The minimum atomic E-state index is -0.458. The summed E-state index contributed by atoms with van der Waals surface area (Å²) in [7, 11) is 0. The molecule has 6 heteroatoms. The summed E-state index contributed by atoms with van der Waals surface area (Å²) in [4.78, 5) is 23.8. The van der Waals surface area contributed by atoms with Gasteiger partial charge in [-0.2, -0.15) is 0 Å². The average molecular weight is 326 g/mol. The molecule has 102 valence electrons. The molecule has 1 aromatic carbocycles. The molecule has 1 unspecified atom stereocenters. The maximum absolute atomic E-state index is 12.2. The van der Waals surface area contributed by atoms with Crippen LogP contribution < -0.4 is 16.4 Å². The second-order valence-corrected chi connectivity index (χ2v) is 5.54. The van der Waals surface area contributed by atoms with Gasteiger partial charge in [0.2, 0.25) is 5.91 Å². The van der Waals surface area contributed by atoms with Gasteiger partial charge in [0.25, 0.3) is 5.91 Å². The molecule has 2 amide bonds. The second-order valence-electron chi connectivity index (χ2n) is 4.63. The maximum atomic E-state index is 12.2. The lowest BCUT2D eigenvalue weighted by Gasteiger charge is -2.23. The van der Waals surface area contributed by atoms with Crippen molar-refractivity contribution in [3.05, 3.63) is 27.7 Å². The Balaban J connectivity index is 2.18. The van der Waals surface area contributed by atoms with E-state index < -0.39 is 6.04 Å². The number of nitrogens with two attached hydrogens (primary N) is 1. The molecule has 0 aromatic heterocycles. The standard InChI is InChI=1S/C13H16BrN3O2/c1-7-9(5-8(14)6-10(7)15)12(18)17-11-3-2-4-16-13(11)19/h5-6,11H,2-4,15H2,1H3,(H,16,19)(H,17,18). The van der Waals surface area contributed by atoms with Crippen LogP contribution in [0.5, 0.6) is 0 Å². The van der Waals surface area contributed by atoms with Gasteiger partial charge in [-0.1, -0.05) is 15.9 Å². The van der Waals surface area contributed by atoms with Gasteiger partial charge < -0.3 is 16.4 Å². The number of halogens is 1. The Kier molecular flexibility index (Phi) is 4.09. The van der Waals surface area contributed by atoms with E-state index in [-0.39, 0.29) is 11.8 Å². The molecule has 1 heterocycles. The van der Waals surface area contributed by atoms with Gasteiger partial charge in [-0.25, -0.2) is 0 Å². The summed E-state index contributed by atoms with van der Waals surface area (Å²) >= 11 is 3.31. The molecule has 0 spiro atoms. The van der Waals surface area contributed by atoms with Crippen molar-refractivity contribution in [2.45, 2.75) is 25.8 Å². The highest BCUT2D eigenvalue weighted by Gasteiger charge is 2.24. The first-order chi connectivity index (χ1) is 8.99. The Morgan fingerprint density at radius 1 is 1.53 bits per heavy atom. The number of nitrogen functional groups attached to an aromatic ring is 1. The van der Waals surface area contributed by atoms with Crippen LogP contribution in [-0.2, 0) is 4.79 Å². The number of hydrogen-bond acceptors (Lipinski definition) is 3. The van der Waals surface area contributed by atoms with Crippen molar-refractivity contribution in [2.75, 3.05) is 12.3 Å². The molecule has 1 aliphatic rings. The molecule has 0 bridgehead atoms. The van der Waals surface area contributed by atoms with E-state index in [4.69, 9.17) is 5.73 Å². The number of rotatable bonds is 2. The van der Waals surface area contributed by atoms with Crippen LogP contribution in [0.25, 0.3) is 0 Å². The van der Waals surface area contributed by atoms with Crippen LogP contribution >= 0.6 is 15.9 Å². The first kappa shape index (κ1) is 13.9. The summed E-state index contributed by atoms with van der Waals surface area (Å²) < 4.78 is 0.744. The Labute approximate surface area is 120 Å². The van der Waals surface area contributed by atoms with E-state index >= 15 is 0 Å². The number of carbonyl (C=O) groups is 2. The summed E-state index contributed by atoms with van der Waals surface area (Å²) in [5, 5.41) is 5.49. The fraction of sp³-hybridized carbons (Fsp3) is 0.385. The van der Waals surface area contributed by atoms with Crippen molar-refractivity contribution in [3.8, 4) is 0 Å². The number of benzene rings is 1. The minimum Gasteiger partial charge on any atom is -0.398 e. The third-order valence-corrected chi connectivity index (χ3v) is 3.71. The molecule has 1 aromatic rings. The summed E-state index contributed by atoms with van der Waals surface area (Å²) in [5.74, 6) is -0.396. The maximum Gasteiger partial charge on any atom is 0.252 e. The highest BCUT2D eigenvalue weighted by atomic mass is 79.9. The van der Waals surface area contributed by atoms with Crippen LogP contribution in [0.4, 0.5) is 5.69 Å². The first-order valence-corrected chi connectivity index (χ1v) is 6.92. The van der Waals surface area contributed by atoms with E-state index in [1.165, 1.54) is 0 Å². The van der Waals surface area contributed by atoms with Crippen molar-refractivity contribution in [1.29, 1.82) is 0 Å². The van der Waals surface area contributed by atoms with Crippen molar-refractivity contribution in [3.63, 3.8) is 0 Å². The largest absolute Gasteiger partial charge is 0.398 e. The normalized spacial score (nSPS) is 18.8. The molecule has 0 saturated carbocycles. The fourth-order valence-corrected chi connectivity index (χ4v) is 2.56. The molecule has 1 saturated heterocycles. The van der Waals surface area contributed by atoms with E-state index in [1.54, 1.807) is 19.1 Å². The van der Waals surface area contributed by atoms with Gasteiger partial charge in [0.1, 0.15) is 6.04 Å². The smallest absolute Gasteiger partial charge is 0.252 e. The zero-order valence-corrected chi connectivity index (χ0v) is 12.2. The average Bonchev–Trinajstić information content (AvgIpc) is 2.36. The number of nitrogens with one attached hydrogen (secondary N) is 2. The SMILES string of the molecule is Cc1c(N)cc(Br)cc1C(=O)NC1CCCNC1=O. The molecule has 2 rings (SSSR count). The number of hydrogen-bond donors (Lipinski definition) is 3. The number of piperidine rings is 1. The zero-order chi connectivity index (χ0) is 14.0. The van der Waals surface area contributed by atoms with Crippen molar-refractivity contribution >= 4 is 33.4 Å².